The maximum absolute atomic E-state index is 5.73. The van der Waals surface area contributed by atoms with Gasteiger partial charge in [-0.2, -0.15) is 5.10 Å². The second-order valence-electron chi connectivity index (χ2n) is 6.15. The SMILES string of the molecule is c1ccc(Cc2nnc(NC3CCN(c4cccnn4)CC3)o2)cc1. The molecule has 2 aromatic heterocycles. The van der Waals surface area contributed by atoms with E-state index in [1.165, 1.54) is 0 Å². The highest BCUT2D eigenvalue weighted by Gasteiger charge is 2.21. The van der Waals surface area contributed by atoms with Crippen LogP contribution in [0.25, 0.3) is 0 Å². The Morgan fingerprint density at radius 2 is 1.84 bits per heavy atom. The molecule has 3 aromatic rings. The van der Waals surface area contributed by atoms with Crippen molar-refractivity contribution in [3.8, 4) is 0 Å². The average molecular weight is 336 g/mol. The highest BCUT2D eigenvalue weighted by Crippen LogP contribution is 2.20. The molecule has 25 heavy (non-hydrogen) atoms. The molecular weight excluding hydrogens is 316 g/mol. The van der Waals surface area contributed by atoms with Crippen molar-refractivity contribution >= 4 is 11.8 Å². The summed E-state index contributed by atoms with van der Waals surface area (Å²) in [5.41, 5.74) is 1.16. The topological polar surface area (TPSA) is 80.0 Å². The van der Waals surface area contributed by atoms with E-state index < -0.39 is 0 Å². The number of rotatable bonds is 5. The fourth-order valence-corrected chi connectivity index (χ4v) is 3.04. The van der Waals surface area contributed by atoms with Crippen molar-refractivity contribution in [2.24, 2.45) is 0 Å². The van der Waals surface area contributed by atoms with Crippen LogP contribution in [0, 0.1) is 0 Å². The van der Waals surface area contributed by atoms with Crippen molar-refractivity contribution in [2.45, 2.75) is 25.3 Å². The maximum Gasteiger partial charge on any atom is 0.315 e. The summed E-state index contributed by atoms with van der Waals surface area (Å²) >= 11 is 0. The summed E-state index contributed by atoms with van der Waals surface area (Å²) in [5, 5.41) is 19.7. The average Bonchev–Trinajstić information content (AvgIpc) is 3.11. The Kier molecular flexibility index (Phi) is 4.54. The lowest BCUT2D eigenvalue weighted by Crippen LogP contribution is -2.39. The maximum atomic E-state index is 5.73. The van der Waals surface area contributed by atoms with E-state index in [9.17, 15) is 0 Å². The Labute approximate surface area is 146 Å². The third-order valence-corrected chi connectivity index (χ3v) is 4.37. The quantitative estimate of drug-likeness (QED) is 0.767. The zero-order chi connectivity index (χ0) is 16.9. The first-order valence-corrected chi connectivity index (χ1v) is 8.52. The molecule has 0 spiro atoms. The number of benzene rings is 1. The predicted molar refractivity (Wildman–Crippen MR) is 94.4 cm³/mol. The summed E-state index contributed by atoms with van der Waals surface area (Å²) in [4.78, 5) is 2.25. The van der Waals surface area contributed by atoms with Gasteiger partial charge in [0.2, 0.25) is 5.89 Å². The summed E-state index contributed by atoms with van der Waals surface area (Å²) < 4.78 is 5.73. The van der Waals surface area contributed by atoms with Gasteiger partial charge in [-0.1, -0.05) is 35.4 Å². The Hall–Kier alpha value is -2.96. The predicted octanol–water partition coefficient (Wildman–Crippen LogP) is 2.53. The van der Waals surface area contributed by atoms with Crippen LogP contribution < -0.4 is 10.2 Å². The molecular formula is C18H20N6O. The molecule has 1 aliphatic rings. The number of aromatic nitrogens is 4. The van der Waals surface area contributed by atoms with Gasteiger partial charge in [-0.15, -0.1) is 10.2 Å². The van der Waals surface area contributed by atoms with E-state index in [2.05, 4.69) is 42.7 Å². The molecule has 3 heterocycles. The van der Waals surface area contributed by atoms with Gasteiger partial charge in [-0.25, -0.2) is 0 Å². The molecule has 1 aromatic carbocycles. The highest BCUT2D eigenvalue weighted by molar-refractivity contribution is 5.37. The standard InChI is InChI=1S/C18H20N6O/c1-2-5-14(6-3-1)13-17-22-23-18(25-17)20-15-8-11-24(12-9-15)16-7-4-10-19-21-16/h1-7,10,15H,8-9,11-13H2,(H,20,23). The molecule has 128 valence electrons. The van der Waals surface area contributed by atoms with Gasteiger partial charge in [-0.05, 0) is 30.5 Å². The summed E-state index contributed by atoms with van der Waals surface area (Å²) in [5.74, 6) is 1.56. The molecule has 0 saturated carbocycles. The fraction of sp³-hybridized carbons (Fsp3) is 0.333. The number of hydrogen-bond donors (Lipinski definition) is 1. The van der Waals surface area contributed by atoms with E-state index in [1.54, 1.807) is 6.20 Å². The monoisotopic (exact) mass is 336 g/mol. The molecule has 0 amide bonds. The molecule has 0 unspecified atom stereocenters. The molecule has 0 aliphatic carbocycles. The number of piperidine rings is 1. The first-order valence-electron chi connectivity index (χ1n) is 8.52. The van der Waals surface area contributed by atoms with Crippen LogP contribution in [0.1, 0.15) is 24.3 Å². The summed E-state index contributed by atoms with van der Waals surface area (Å²) in [6.45, 7) is 1.86. The van der Waals surface area contributed by atoms with Crippen molar-refractivity contribution in [3.05, 3.63) is 60.1 Å². The van der Waals surface area contributed by atoms with E-state index in [-0.39, 0.29) is 0 Å². The third-order valence-electron chi connectivity index (χ3n) is 4.37. The van der Waals surface area contributed by atoms with E-state index in [1.807, 2.05) is 30.3 Å². The Balaban J connectivity index is 1.30. The van der Waals surface area contributed by atoms with Gasteiger partial charge in [0, 0.05) is 25.3 Å². The van der Waals surface area contributed by atoms with Crippen LogP contribution in [0.15, 0.2) is 53.1 Å². The van der Waals surface area contributed by atoms with E-state index in [0.29, 0.717) is 24.4 Å². The lowest BCUT2D eigenvalue weighted by molar-refractivity contribution is 0.478. The third kappa shape index (κ3) is 3.93. The van der Waals surface area contributed by atoms with Gasteiger partial charge in [0.15, 0.2) is 5.82 Å². The lowest BCUT2D eigenvalue weighted by atomic mass is 10.1. The Morgan fingerprint density at radius 3 is 2.60 bits per heavy atom. The molecule has 1 N–H and O–H groups in total. The smallest absolute Gasteiger partial charge is 0.315 e. The number of nitrogens with zero attached hydrogens (tertiary/aromatic N) is 5. The van der Waals surface area contributed by atoms with Crippen molar-refractivity contribution in [1.29, 1.82) is 0 Å². The fourth-order valence-electron chi connectivity index (χ4n) is 3.04. The molecule has 4 rings (SSSR count). The second-order valence-corrected chi connectivity index (χ2v) is 6.15. The number of nitrogens with one attached hydrogen (secondary N) is 1. The van der Waals surface area contributed by atoms with Crippen molar-refractivity contribution in [1.82, 2.24) is 20.4 Å². The van der Waals surface area contributed by atoms with Crippen LogP contribution in [0.5, 0.6) is 0 Å². The van der Waals surface area contributed by atoms with Gasteiger partial charge in [-0.3, -0.25) is 0 Å². The molecule has 0 atom stereocenters. The zero-order valence-corrected chi connectivity index (χ0v) is 13.9. The van der Waals surface area contributed by atoms with E-state index >= 15 is 0 Å². The van der Waals surface area contributed by atoms with Crippen molar-refractivity contribution in [3.63, 3.8) is 0 Å². The van der Waals surface area contributed by atoms with Crippen molar-refractivity contribution in [2.75, 3.05) is 23.3 Å². The molecule has 7 heteroatoms. The molecule has 7 nitrogen and oxygen atoms in total. The Bertz CT molecular complexity index is 784. The van der Waals surface area contributed by atoms with E-state index in [0.717, 1.165) is 37.3 Å². The molecule has 1 aliphatic heterocycles. The summed E-state index contributed by atoms with van der Waals surface area (Å²) in [7, 11) is 0. The van der Waals surface area contributed by atoms with Gasteiger partial charge in [0.1, 0.15) is 0 Å². The van der Waals surface area contributed by atoms with Gasteiger partial charge in [0.05, 0.1) is 6.42 Å². The molecule has 1 saturated heterocycles. The molecule has 0 bridgehead atoms. The van der Waals surface area contributed by atoms with Crippen LogP contribution in [0.3, 0.4) is 0 Å². The minimum absolute atomic E-state index is 0.331. The van der Waals surface area contributed by atoms with Crippen molar-refractivity contribution < 1.29 is 4.42 Å². The minimum Gasteiger partial charge on any atom is -0.408 e. The van der Waals surface area contributed by atoms with Gasteiger partial charge >= 0.3 is 6.01 Å². The Morgan fingerprint density at radius 1 is 1.00 bits per heavy atom. The second kappa shape index (κ2) is 7.29. The minimum atomic E-state index is 0.331. The number of hydrogen-bond acceptors (Lipinski definition) is 7. The van der Waals surface area contributed by atoms with Crippen LogP contribution in [0.2, 0.25) is 0 Å². The molecule has 0 radical (unpaired) electrons. The highest BCUT2D eigenvalue weighted by atomic mass is 16.4. The van der Waals surface area contributed by atoms with Crippen LogP contribution in [-0.4, -0.2) is 39.5 Å². The van der Waals surface area contributed by atoms with E-state index in [4.69, 9.17) is 4.42 Å². The number of anilines is 2. The van der Waals surface area contributed by atoms with Crippen LogP contribution in [0.4, 0.5) is 11.8 Å². The zero-order valence-electron chi connectivity index (χ0n) is 13.9. The largest absolute Gasteiger partial charge is 0.408 e. The normalized spacial score (nSPS) is 15.3. The summed E-state index contributed by atoms with van der Waals surface area (Å²) in [6, 6.07) is 14.9. The van der Waals surface area contributed by atoms with Crippen LogP contribution >= 0.6 is 0 Å². The molecule has 1 fully saturated rings. The van der Waals surface area contributed by atoms with Gasteiger partial charge in [0.25, 0.3) is 0 Å². The first kappa shape index (κ1) is 15.6. The lowest BCUT2D eigenvalue weighted by Gasteiger charge is -2.32. The van der Waals surface area contributed by atoms with Gasteiger partial charge < -0.3 is 14.6 Å². The first-order chi connectivity index (χ1) is 12.4. The summed E-state index contributed by atoms with van der Waals surface area (Å²) in [6.07, 6.45) is 4.33. The van der Waals surface area contributed by atoms with Crippen LogP contribution in [-0.2, 0) is 6.42 Å².